The molecule has 0 aliphatic heterocycles. The number of amides is 1. The Hall–Kier alpha value is -1.82. The van der Waals surface area contributed by atoms with Gasteiger partial charge in [0.05, 0.1) is 6.07 Å². The highest BCUT2D eigenvalue weighted by Crippen LogP contribution is 2.12. The van der Waals surface area contributed by atoms with E-state index in [2.05, 4.69) is 0 Å². The maximum absolute atomic E-state index is 12.3. The molecule has 0 aliphatic rings. The van der Waals surface area contributed by atoms with Crippen molar-refractivity contribution in [1.29, 1.82) is 5.26 Å². The molecule has 0 saturated heterocycles. The first-order valence-corrected chi connectivity index (χ1v) is 5.98. The summed E-state index contributed by atoms with van der Waals surface area (Å²) in [6, 6.07) is 9.64. The molecule has 0 aromatic heterocycles. The van der Waals surface area contributed by atoms with Gasteiger partial charge in [0.25, 0.3) is 5.91 Å². The molecule has 0 saturated carbocycles. The van der Waals surface area contributed by atoms with Gasteiger partial charge < -0.3 is 4.90 Å². The summed E-state index contributed by atoms with van der Waals surface area (Å²) in [5, 5.41) is 8.74. The number of nitrogens with zero attached hydrogens (tertiary/aromatic N) is 2. The lowest BCUT2D eigenvalue weighted by atomic mass is 10.0. The van der Waals surface area contributed by atoms with Crippen LogP contribution >= 0.6 is 0 Å². The van der Waals surface area contributed by atoms with E-state index in [-0.39, 0.29) is 12.5 Å². The SMILES string of the molecule is CCCN(CC#N)C(=O)c1ccccc1CC. The smallest absolute Gasteiger partial charge is 0.254 e. The summed E-state index contributed by atoms with van der Waals surface area (Å²) in [6.45, 7) is 4.82. The molecule has 0 unspecified atom stereocenters. The molecule has 0 heterocycles. The molecule has 0 N–H and O–H groups in total. The minimum absolute atomic E-state index is 0.0362. The number of nitriles is 1. The van der Waals surface area contributed by atoms with E-state index in [4.69, 9.17) is 5.26 Å². The predicted molar refractivity (Wildman–Crippen MR) is 67.6 cm³/mol. The highest BCUT2D eigenvalue weighted by atomic mass is 16.2. The Morgan fingerprint density at radius 2 is 2.06 bits per heavy atom. The first-order valence-electron chi connectivity index (χ1n) is 5.98. The normalized spacial score (nSPS) is 9.71. The zero-order valence-electron chi connectivity index (χ0n) is 10.4. The fourth-order valence-electron chi connectivity index (χ4n) is 1.82. The van der Waals surface area contributed by atoms with Crippen LogP contribution in [0.15, 0.2) is 24.3 Å². The number of hydrogen-bond acceptors (Lipinski definition) is 2. The summed E-state index contributed by atoms with van der Waals surface area (Å²) in [4.78, 5) is 13.9. The average Bonchev–Trinajstić information content (AvgIpc) is 2.37. The van der Waals surface area contributed by atoms with E-state index in [1.807, 2.05) is 44.2 Å². The molecule has 1 aromatic carbocycles. The standard InChI is InChI=1S/C14H18N2O/c1-3-10-16(11-9-15)14(17)13-8-6-5-7-12(13)4-2/h5-8H,3-4,10-11H2,1-2H3. The molecule has 90 valence electrons. The number of benzene rings is 1. The molecule has 3 nitrogen and oxygen atoms in total. The van der Waals surface area contributed by atoms with Crippen molar-refractivity contribution >= 4 is 5.91 Å². The number of aryl methyl sites for hydroxylation is 1. The van der Waals surface area contributed by atoms with Crippen LogP contribution in [-0.2, 0) is 6.42 Å². The zero-order chi connectivity index (χ0) is 12.7. The first kappa shape index (κ1) is 13.2. The maximum atomic E-state index is 12.3. The summed E-state index contributed by atoms with van der Waals surface area (Å²) in [6.07, 6.45) is 1.69. The molecule has 1 amide bonds. The molecular formula is C14H18N2O. The Bertz CT molecular complexity index is 420. The number of rotatable bonds is 5. The third kappa shape index (κ3) is 3.32. The zero-order valence-corrected chi connectivity index (χ0v) is 10.4. The molecule has 0 radical (unpaired) electrons. The van der Waals surface area contributed by atoms with Gasteiger partial charge in [-0.15, -0.1) is 0 Å². The van der Waals surface area contributed by atoms with Gasteiger partial charge in [-0.3, -0.25) is 4.79 Å². The fraction of sp³-hybridized carbons (Fsp3) is 0.429. The second-order valence-corrected chi connectivity index (χ2v) is 3.90. The lowest BCUT2D eigenvalue weighted by Gasteiger charge is -2.20. The maximum Gasteiger partial charge on any atom is 0.254 e. The third-order valence-corrected chi connectivity index (χ3v) is 2.67. The summed E-state index contributed by atoms with van der Waals surface area (Å²) >= 11 is 0. The highest BCUT2D eigenvalue weighted by Gasteiger charge is 2.16. The van der Waals surface area contributed by atoms with E-state index in [1.54, 1.807) is 4.90 Å². The van der Waals surface area contributed by atoms with E-state index >= 15 is 0 Å². The monoisotopic (exact) mass is 230 g/mol. The second kappa shape index (κ2) is 6.70. The molecule has 0 fully saturated rings. The van der Waals surface area contributed by atoms with Gasteiger partial charge in [0, 0.05) is 12.1 Å². The van der Waals surface area contributed by atoms with Gasteiger partial charge in [0.15, 0.2) is 0 Å². The summed E-state index contributed by atoms with van der Waals surface area (Å²) in [5.41, 5.74) is 1.76. The summed E-state index contributed by atoms with van der Waals surface area (Å²) in [7, 11) is 0. The van der Waals surface area contributed by atoms with Crippen molar-refractivity contribution in [2.45, 2.75) is 26.7 Å². The highest BCUT2D eigenvalue weighted by molar-refractivity contribution is 5.95. The summed E-state index contributed by atoms with van der Waals surface area (Å²) in [5.74, 6) is -0.0362. The van der Waals surface area contributed by atoms with E-state index in [9.17, 15) is 4.79 Å². The van der Waals surface area contributed by atoms with Crippen molar-refractivity contribution in [3.8, 4) is 6.07 Å². The van der Waals surface area contributed by atoms with Gasteiger partial charge in [-0.05, 0) is 24.5 Å². The van der Waals surface area contributed by atoms with Crippen molar-refractivity contribution in [2.24, 2.45) is 0 Å². The van der Waals surface area contributed by atoms with Crippen molar-refractivity contribution < 1.29 is 4.79 Å². The van der Waals surface area contributed by atoms with Crippen LogP contribution in [0.2, 0.25) is 0 Å². The Kier molecular flexibility index (Phi) is 5.22. The predicted octanol–water partition coefficient (Wildman–Crippen LogP) is 2.62. The van der Waals surface area contributed by atoms with E-state index in [0.717, 1.165) is 24.0 Å². The Labute approximate surface area is 103 Å². The van der Waals surface area contributed by atoms with Crippen molar-refractivity contribution in [3.05, 3.63) is 35.4 Å². The van der Waals surface area contributed by atoms with Crippen molar-refractivity contribution in [2.75, 3.05) is 13.1 Å². The van der Waals surface area contributed by atoms with Gasteiger partial charge in [-0.25, -0.2) is 0 Å². The van der Waals surface area contributed by atoms with Crippen molar-refractivity contribution in [1.82, 2.24) is 4.90 Å². The summed E-state index contributed by atoms with van der Waals surface area (Å²) < 4.78 is 0. The number of carbonyl (C=O) groups excluding carboxylic acids is 1. The van der Waals surface area contributed by atoms with Crippen LogP contribution in [0.3, 0.4) is 0 Å². The average molecular weight is 230 g/mol. The minimum atomic E-state index is -0.0362. The quantitative estimate of drug-likeness (QED) is 0.730. The molecule has 1 aromatic rings. The molecule has 0 bridgehead atoms. The van der Waals surface area contributed by atoms with E-state index < -0.39 is 0 Å². The minimum Gasteiger partial charge on any atom is -0.325 e. The van der Waals surface area contributed by atoms with Crippen LogP contribution in [-0.4, -0.2) is 23.9 Å². The topological polar surface area (TPSA) is 44.1 Å². The number of carbonyl (C=O) groups is 1. The first-order chi connectivity index (χ1) is 8.24. The second-order valence-electron chi connectivity index (χ2n) is 3.90. The van der Waals surface area contributed by atoms with Gasteiger partial charge in [0.1, 0.15) is 6.54 Å². The Morgan fingerprint density at radius 3 is 2.65 bits per heavy atom. The van der Waals surface area contributed by atoms with Crippen molar-refractivity contribution in [3.63, 3.8) is 0 Å². The molecule has 0 spiro atoms. The Balaban J connectivity index is 2.97. The molecule has 0 atom stereocenters. The van der Waals surface area contributed by atoms with Crippen LogP contribution in [0.1, 0.15) is 36.2 Å². The van der Waals surface area contributed by atoms with Crippen LogP contribution in [0.4, 0.5) is 0 Å². The van der Waals surface area contributed by atoms with Gasteiger partial charge in [-0.2, -0.15) is 5.26 Å². The largest absolute Gasteiger partial charge is 0.325 e. The lowest BCUT2D eigenvalue weighted by molar-refractivity contribution is 0.0775. The van der Waals surface area contributed by atoms with Crippen LogP contribution in [0.5, 0.6) is 0 Å². The van der Waals surface area contributed by atoms with E-state index in [1.165, 1.54) is 0 Å². The third-order valence-electron chi connectivity index (χ3n) is 2.67. The number of hydrogen-bond donors (Lipinski definition) is 0. The van der Waals surface area contributed by atoms with Gasteiger partial charge in [-0.1, -0.05) is 32.0 Å². The van der Waals surface area contributed by atoms with Crippen LogP contribution in [0, 0.1) is 11.3 Å². The van der Waals surface area contributed by atoms with Crippen LogP contribution < -0.4 is 0 Å². The van der Waals surface area contributed by atoms with Crippen LogP contribution in [0.25, 0.3) is 0 Å². The molecule has 17 heavy (non-hydrogen) atoms. The lowest BCUT2D eigenvalue weighted by Crippen LogP contribution is -2.32. The van der Waals surface area contributed by atoms with E-state index in [0.29, 0.717) is 6.54 Å². The molecule has 3 heteroatoms. The fourth-order valence-corrected chi connectivity index (χ4v) is 1.82. The molecule has 0 aliphatic carbocycles. The molecule has 1 rings (SSSR count). The Morgan fingerprint density at radius 1 is 1.35 bits per heavy atom. The van der Waals surface area contributed by atoms with Gasteiger partial charge >= 0.3 is 0 Å². The van der Waals surface area contributed by atoms with Gasteiger partial charge in [0.2, 0.25) is 0 Å². The molecular weight excluding hydrogens is 212 g/mol.